The maximum Gasteiger partial charge on any atom is 0.320 e. The number of likely N-dealkylation sites (tertiary alicyclic amines) is 1. The Kier molecular flexibility index (Phi) is 6.18. The summed E-state index contributed by atoms with van der Waals surface area (Å²) < 4.78 is 5.71. The number of hydrogen-bond donors (Lipinski definition) is 1. The van der Waals surface area contributed by atoms with Crippen molar-refractivity contribution in [3.63, 3.8) is 0 Å². The molecule has 0 atom stereocenters. The molecule has 2 aliphatic heterocycles. The second kappa shape index (κ2) is 9.00. The molecule has 0 bridgehead atoms. The van der Waals surface area contributed by atoms with Crippen LogP contribution in [0.2, 0.25) is 0 Å². The van der Waals surface area contributed by atoms with Crippen molar-refractivity contribution in [2.75, 3.05) is 36.9 Å². The van der Waals surface area contributed by atoms with Crippen LogP contribution in [-0.4, -0.2) is 46.9 Å². The zero-order valence-corrected chi connectivity index (χ0v) is 17.9. The van der Waals surface area contributed by atoms with Crippen LogP contribution < -0.4 is 15.4 Å². The second-order valence-electron chi connectivity index (χ2n) is 8.77. The number of rotatable bonds is 7. The van der Waals surface area contributed by atoms with Crippen molar-refractivity contribution >= 4 is 17.4 Å². The molecular formula is C23H31N5O2. The molecule has 7 heteroatoms. The third-order valence-electron chi connectivity index (χ3n) is 5.55. The minimum absolute atomic E-state index is 0.127. The van der Waals surface area contributed by atoms with Crippen molar-refractivity contribution in [1.82, 2.24) is 14.9 Å². The number of Topliss-reactive ketones (excluding diaryl/α,β-unsaturated/α-hetero) is 1. The fourth-order valence-electron chi connectivity index (χ4n) is 4.12. The third kappa shape index (κ3) is 4.90. The van der Waals surface area contributed by atoms with Gasteiger partial charge in [0.2, 0.25) is 0 Å². The van der Waals surface area contributed by atoms with Crippen molar-refractivity contribution in [2.45, 2.75) is 46.2 Å². The second-order valence-corrected chi connectivity index (χ2v) is 8.77. The van der Waals surface area contributed by atoms with Crippen LogP contribution in [0, 0.1) is 5.92 Å². The van der Waals surface area contributed by atoms with Crippen molar-refractivity contribution in [1.29, 1.82) is 0 Å². The topological polar surface area (TPSA) is 84.6 Å². The van der Waals surface area contributed by atoms with Crippen LogP contribution in [-0.2, 0) is 24.3 Å². The Hall–Kier alpha value is -2.67. The minimum atomic E-state index is 0.127. The predicted molar refractivity (Wildman–Crippen MR) is 117 cm³/mol. The Balaban J connectivity index is 1.55. The van der Waals surface area contributed by atoms with Crippen LogP contribution in [0.3, 0.4) is 0 Å². The van der Waals surface area contributed by atoms with Gasteiger partial charge in [0, 0.05) is 25.1 Å². The van der Waals surface area contributed by atoms with E-state index in [4.69, 9.17) is 10.5 Å². The molecule has 0 saturated carbocycles. The van der Waals surface area contributed by atoms with E-state index in [-0.39, 0.29) is 18.2 Å². The molecule has 0 unspecified atom stereocenters. The number of carbonyl (C=O) groups excluding carboxylic acids is 1. The molecule has 1 aromatic heterocycles. The van der Waals surface area contributed by atoms with Gasteiger partial charge in [-0.05, 0) is 43.0 Å². The van der Waals surface area contributed by atoms with E-state index in [1.807, 2.05) is 4.90 Å². The molecule has 30 heavy (non-hydrogen) atoms. The zero-order valence-electron chi connectivity index (χ0n) is 17.9. The number of nitrogen functional groups attached to an aromatic ring is 1. The molecule has 1 saturated heterocycles. The monoisotopic (exact) mass is 409 g/mol. The zero-order chi connectivity index (χ0) is 21.1. The van der Waals surface area contributed by atoms with Crippen LogP contribution in [0.1, 0.15) is 43.4 Å². The van der Waals surface area contributed by atoms with E-state index in [1.165, 1.54) is 31.5 Å². The van der Waals surface area contributed by atoms with Gasteiger partial charge in [-0.2, -0.15) is 9.97 Å². The van der Waals surface area contributed by atoms with Crippen molar-refractivity contribution in [3.8, 4) is 6.01 Å². The number of aromatic nitrogens is 2. The molecule has 3 heterocycles. The highest BCUT2D eigenvalue weighted by Crippen LogP contribution is 2.30. The van der Waals surface area contributed by atoms with E-state index >= 15 is 0 Å². The number of carbonyl (C=O) groups is 1. The Bertz CT molecular complexity index is 908. The smallest absolute Gasteiger partial charge is 0.320 e. The highest BCUT2D eigenvalue weighted by molar-refractivity contribution is 5.91. The molecule has 0 aliphatic carbocycles. The number of ketones is 1. The number of benzene rings is 1. The van der Waals surface area contributed by atoms with E-state index in [0.717, 1.165) is 12.1 Å². The Morgan fingerprint density at radius 2 is 1.87 bits per heavy atom. The SMILES string of the molecule is CC(C)COc1nc(N)c2c(n1)N(Cc1cccc(CN3CCCC3)c1)CC(=O)C2. The van der Waals surface area contributed by atoms with Gasteiger partial charge in [0.05, 0.1) is 13.2 Å². The molecule has 1 fully saturated rings. The lowest BCUT2D eigenvalue weighted by atomic mass is 10.0. The summed E-state index contributed by atoms with van der Waals surface area (Å²) >= 11 is 0. The van der Waals surface area contributed by atoms with E-state index in [2.05, 4.69) is 53.0 Å². The van der Waals surface area contributed by atoms with Crippen molar-refractivity contribution in [3.05, 3.63) is 41.0 Å². The highest BCUT2D eigenvalue weighted by atomic mass is 16.5. The van der Waals surface area contributed by atoms with Gasteiger partial charge in [0.25, 0.3) is 0 Å². The number of nitrogens with zero attached hydrogens (tertiary/aromatic N) is 4. The Labute approximate surface area is 178 Å². The predicted octanol–water partition coefficient (Wildman–Crippen LogP) is 2.82. The molecular weight excluding hydrogens is 378 g/mol. The first kappa shape index (κ1) is 20.6. The van der Waals surface area contributed by atoms with Gasteiger partial charge in [-0.1, -0.05) is 38.1 Å². The van der Waals surface area contributed by atoms with Crippen molar-refractivity contribution < 1.29 is 9.53 Å². The number of ether oxygens (including phenoxy) is 1. The molecule has 0 spiro atoms. The number of nitrogens with two attached hydrogens (primary N) is 1. The van der Waals surface area contributed by atoms with Gasteiger partial charge in [-0.3, -0.25) is 9.69 Å². The maximum atomic E-state index is 12.4. The minimum Gasteiger partial charge on any atom is -0.463 e. The fraction of sp³-hybridized carbons (Fsp3) is 0.522. The van der Waals surface area contributed by atoms with Gasteiger partial charge in [-0.25, -0.2) is 0 Å². The highest BCUT2D eigenvalue weighted by Gasteiger charge is 2.28. The largest absolute Gasteiger partial charge is 0.463 e. The van der Waals surface area contributed by atoms with Crippen LogP contribution in [0.5, 0.6) is 6.01 Å². The van der Waals surface area contributed by atoms with Gasteiger partial charge in [0.1, 0.15) is 11.6 Å². The average Bonchev–Trinajstić information content (AvgIpc) is 3.20. The van der Waals surface area contributed by atoms with E-state index in [0.29, 0.717) is 42.8 Å². The lowest BCUT2D eigenvalue weighted by Crippen LogP contribution is -2.36. The fourth-order valence-corrected chi connectivity index (χ4v) is 4.12. The van der Waals surface area contributed by atoms with Crippen LogP contribution >= 0.6 is 0 Å². The molecule has 4 rings (SSSR count). The molecule has 0 radical (unpaired) electrons. The first-order chi connectivity index (χ1) is 14.5. The van der Waals surface area contributed by atoms with Gasteiger partial charge in [0.15, 0.2) is 5.78 Å². The molecule has 2 aliphatic rings. The number of fused-ring (bicyclic) bond motifs is 1. The Morgan fingerprint density at radius 1 is 1.13 bits per heavy atom. The summed E-state index contributed by atoms with van der Waals surface area (Å²) in [5, 5.41) is 0. The van der Waals surface area contributed by atoms with E-state index in [9.17, 15) is 4.79 Å². The molecule has 7 nitrogen and oxygen atoms in total. The summed E-state index contributed by atoms with van der Waals surface area (Å²) in [6.07, 6.45) is 2.85. The summed E-state index contributed by atoms with van der Waals surface area (Å²) in [6.45, 7) is 8.92. The summed E-state index contributed by atoms with van der Waals surface area (Å²) in [7, 11) is 0. The van der Waals surface area contributed by atoms with Crippen LogP contribution in [0.4, 0.5) is 11.6 Å². The molecule has 0 amide bonds. The average molecular weight is 410 g/mol. The molecule has 2 N–H and O–H groups in total. The lowest BCUT2D eigenvalue weighted by Gasteiger charge is -2.30. The first-order valence-electron chi connectivity index (χ1n) is 10.8. The lowest BCUT2D eigenvalue weighted by molar-refractivity contribution is -0.117. The van der Waals surface area contributed by atoms with Crippen LogP contribution in [0.15, 0.2) is 24.3 Å². The summed E-state index contributed by atoms with van der Waals surface area (Å²) in [4.78, 5) is 25.8. The van der Waals surface area contributed by atoms with Gasteiger partial charge < -0.3 is 15.4 Å². The molecule has 160 valence electrons. The summed E-state index contributed by atoms with van der Waals surface area (Å²) in [5.74, 6) is 1.54. The quantitative estimate of drug-likeness (QED) is 0.753. The maximum absolute atomic E-state index is 12.4. The van der Waals surface area contributed by atoms with E-state index < -0.39 is 0 Å². The Morgan fingerprint density at radius 3 is 2.60 bits per heavy atom. The van der Waals surface area contributed by atoms with Gasteiger partial charge >= 0.3 is 6.01 Å². The van der Waals surface area contributed by atoms with Crippen LogP contribution in [0.25, 0.3) is 0 Å². The number of hydrogen-bond acceptors (Lipinski definition) is 7. The third-order valence-corrected chi connectivity index (χ3v) is 5.55. The normalized spacial score (nSPS) is 16.9. The summed E-state index contributed by atoms with van der Waals surface area (Å²) in [5.41, 5.74) is 9.34. The van der Waals surface area contributed by atoms with E-state index in [1.54, 1.807) is 0 Å². The summed E-state index contributed by atoms with van der Waals surface area (Å²) in [6, 6.07) is 8.89. The first-order valence-corrected chi connectivity index (χ1v) is 10.8. The van der Waals surface area contributed by atoms with Crippen molar-refractivity contribution in [2.24, 2.45) is 5.92 Å². The standard InChI is InChI=1S/C23H31N5O2/c1-16(2)15-30-23-25-21(24)20-11-19(29)14-28(22(20)26-23)13-18-7-5-6-17(10-18)12-27-8-3-4-9-27/h5-7,10,16H,3-4,8-9,11-15H2,1-2H3,(H2,24,25,26). The number of anilines is 2. The molecule has 2 aromatic rings. The van der Waals surface area contributed by atoms with Gasteiger partial charge in [-0.15, -0.1) is 0 Å². The molecule has 1 aromatic carbocycles.